The Labute approximate surface area is 168 Å². The first-order valence-electron chi connectivity index (χ1n) is 9.50. The van der Waals surface area contributed by atoms with Crippen molar-refractivity contribution >= 4 is 34.6 Å². The van der Waals surface area contributed by atoms with Gasteiger partial charge in [0.25, 0.3) is 0 Å². The van der Waals surface area contributed by atoms with Crippen molar-refractivity contribution in [1.82, 2.24) is 9.99 Å². The number of hydrazone groups is 1. The molecule has 1 aliphatic rings. The number of carbonyl (C=O) groups excluding carboxylic acids is 1. The summed E-state index contributed by atoms with van der Waals surface area (Å²) in [5.41, 5.74) is 6.59. The molecule has 1 aliphatic carbocycles. The first kappa shape index (κ1) is 18.7. The number of hydrogen-bond acceptors (Lipinski definition) is 2. The smallest absolute Gasteiger partial charge is 0.241 e. The number of hydrogen-bond donors (Lipinski definition) is 1. The molecule has 1 aromatic heterocycles. The number of aryl methyl sites for hydroxylation is 2. The highest BCUT2D eigenvalue weighted by atomic mass is 35.5. The first-order valence-corrected chi connectivity index (χ1v) is 9.88. The number of aromatic nitrogens is 1. The molecule has 1 heterocycles. The Bertz CT molecular complexity index is 1040. The fourth-order valence-electron chi connectivity index (χ4n) is 3.91. The van der Waals surface area contributed by atoms with Gasteiger partial charge in [0, 0.05) is 35.1 Å². The monoisotopic (exact) mass is 397 g/mol. The van der Waals surface area contributed by atoms with Crippen LogP contribution in [0.3, 0.4) is 0 Å². The number of carbonyl (C=O) groups is 1. The maximum Gasteiger partial charge on any atom is 0.241 e. The minimum absolute atomic E-state index is 0.162. The van der Waals surface area contributed by atoms with Gasteiger partial charge in [-0.2, -0.15) is 5.10 Å². The summed E-state index contributed by atoms with van der Waals surface area (Å²) in [4.78, 5) is 12.2. The quantitative estimate of drug-likeness (QED) is 0.485. The van der Waals surface area contributed by atoms with Gasteiger partial charge in [0.05, 0.1) is 11.2 Å². The van der Waals surface area contributed by atoms with Gasteiger partial charge in [0.15, 0.2) is 0 Å². The third-order valence-corrected chi connectivity index (χ3v) is 5.56. The topological polar surface area (TPSA) is 46.4 Å². The van der Waals surface area contributed by atoms with Crippen molar-refractivity contribution in [3.05, 3.63) is 70.1 Å². The summed E-state index contributed by atoms with van der Waals surface area (Å²) in [5, 5.41) is 5.40. The molecule has 0 atom stereocenters. The van der Waals surface area contributed by atoms with Crippen LogP contribution in [0, 0.1) is 5.82 Å². The molecule has 3 aromatic rings. The van der Waals surface area contributed by atoms with Gasteiger partial charge in [0.1, 0.15) is 5.82 Å². The van der Waals surface area contributed by atoms with E-state index in [0.717, 1.165) is 12.8 Å². The average Bonchev–Trinajstić information content (AvgIpc) is 3.02. The first-order chi connectivity index (χ1) is 13.6. The van der Waals surface area contributed by atoms with E-state index < -0.39 is 5.82 Å². The zero-order chi connectivity index (χ0) is 19.5. The van der Waals surface area contributed by atoms with E-state index in [2.05, 4.69) is 33.3 Å². The Morgan fingerprint density at radius 1 is 1.18 bits per heavy atom. The van der Waals surface area contributed by atoms with Crippen LogP contribution in [0.4, 0.5) is 4.39 Å². The lowest BCUT2D eigenvalue weighted by molar-refractivity contribution is -0.121. The molecule has 1 amide bonds. The second-order valence-electron chi connectivity index (χ2n) is 6.98. The molecule has 0 saturated heterocycles. The summed E-state index contributed by atoms with van der Waals surface area (Å²) in [6, 6.07) is 12.8. The summed E-state index contributed by atoms with van der Waals surface area (Å²) in [7, 11) is 0. The van der Waals surface area contributed by atoms with Crippen LogP contribution in [-0.2, 0) is 24.2 Å². The fraction of sp³-hybridized carbons (Fsp3) is 0.273. The molecule has 0 unspecified atom stereocenters. The summed E-state index contributed by atoms with van der Waals surface area (Å²) in [6.07, 6.45) is 6.09. The number of nitrogens with zero attached hydrogens (tertiary/aromatic N) is 2. The van der Waals surface area contributed by atoms with Gasteiger partial charge >= 0.3 is 0 Å². The van der Waals surface area contributed by atoms with E-state index in [1.807, 2.05) is 6.07 Å². The molecular formula is C22H21ClFN3O. The molecule has 0 aliphatic heterocycles. The van der Waals surface area contributed by atoms with Crippen LogP contribution in [0.5, 0.6) is 0 Å². The third kappa shape index (κ3) is 3.67. The molecule has 0 radical (unpaired) electrons. The van der Waals surface area contributed by atoms with Crippen LogP contribution in [0.2, 0.25) is 5.02 Å². The number of para-hydroxylation sites is 1. The second-order valence-corrected chi connectivity index (χ2v) is 7.39. The van der Waals surface area contributed by atoms with Crippen molar-refractivity contribution < 1.29 is 9.18 Å². The minimum atomic E-state index is -0.476. The van der Waals surface area contributed by atoms with Gasteiger partial charge < -0.3 is 4.57 Å². The van der Waals surface area contributed by atoms with Crippen molar-refractivity contribution in [1.29, 1.82) is 0 Å². The normalized spacial score (nSPS) is 13.8. The highest BCUT2D eigenvalue weighted by Crippen LogP contribution is 2.32. The van der Waals surface area contributed by atoms with E-state index in [1.165, 1.54) is 53.3 Å². The highest BCUT2D eigenvalue weighted by molar-refractivity contribution is 6.33. The van der Waals surface area contributed by atoms with Gasteiger partial charge in [-0.05, 0) is 49.4 Å². The Kier molecular flexibility index (Phi) is 5.44. The number of benzene rings is 2. The molecule has 4 rings (SSSR count). The zero-order valence-electron chi connectivity index (χ0n) is 15.4. The van der Waals surface area contributed by atoms with Crippen LogP contribution < -0.4 is 5.43 Å². The lowest BCUT2D eigenvalue weighted by atomic mass is 9.95. The molecule has 0 bridgehead atoms. The van der Waals surface area contributed by atoms with Crippen LogP contribution in [-0.4, -0.2) is 16.7 Å². The van der Waals surface area contributed by atoms with Gasteiger partial charge in [-0.1, -0.05) is 35.9 Å². The molecule has 2 aromatic carbocycles. The Morgan fingerprint density at radius 3 is 2.86 bits per heavy atom. The minimum Gasteiger partial charge on any atom is -0.344 e. The number of rotatable bonds is 5. The number of amides is 1. The number of nitrogens with one attached hydrogen (secondary N) is 1. The molecule has 28 heavy (non-hydrogen) atoms. The van der Waals surface area contributed by atoms with Gasteiger partial charge in [0.2, 0.25) is 5.91 Å². The van der Waals surface area contributed by atoms with E-state index in [4.69, 9.17) is 11.6 Å². The molecule has 144 valence electrons. The van der Waals surface area contributed by atoms with Crippen LogP contribution in [0.25, 0.3) is 10.9 Å². The third-order valence-electron chi connectivity index (χ3n) is 5.23. The van der Waals surface area contributed by atoms with Crippen molar-refractivity contribution in [2.24, 2.45) is 5.10 Å². The van der Waals surface area contributed by atoms with Crippen LogP contribution in [0.1, 0.15) is 36.1 Å². The van der Waals surface area contributed by atoms with E-state index in [1.54, 1.807) is 6.07 Å². The van der Waals surface area contributed by atoms with E-state index >= 15 is 0 Å². The summed E-state index contributed by atoms with van der Waals surface area (Å²) >= 11 is 5.95. The summed E-state index contributed by atoms with van der Waals surface area (Å²) < 4.78 is 16.0. The molecule has 4 nitrogen and oxygen atoms in total. The van der Waals surface area contributed by atoms with Crippen molar-refractivity contribution in [3.63, 3.8) is 0 Å². The van der Waals surface area contributed by atoms with E-state index in [-0.39, 0.29) is 16.5 Å². The zero-order valence-corrected chi connectivity index (χ0v) is 16.2. The van der Waals surface area contributed by atoms with Crippen LogP contribution >= 0.6 is 11.6 Å². The number of fused-ring (bicyclic) bond motifs is 3. The highest BCUT2D eigenvalue weighted by Gasteiger charge is 2.19. The maximum atomic E-state index is 13.7. The summed E-state index contributed by atoms with van der Waals surface area (Å²) in [5.74, 6) is -0.693. The van der Waals surface area contributed by atoms with E-state index in [0.29, 0.717) is 13.0 Å². The van der Waals surface area contributed by atoms with E-state index in [9.17, 15) is 9.18 Å². The molecule has 1 N–H and O–H groups in total. The van der Waals surface area contributed by atoms with Crippen molar-refractivity contribution in [3.8, 4) is 0 Å². The maximum absolute atomic E-state index is 13.7. The second kappa shape index (κ2) is 8.15. The fourth-order valence-corrected chi connectivity index (χ4v) is 4.13. The Hall–Kier alpha value is -2.66. The SMILES string of the molecule is O=C(CCn1c2c(c3ccccc31)CCCC2)N/N=C/c1c(F)cccc1Cl. The molecule has 6 heteroatoms. The average molecular weight is 398 g/mol. The van der Waals surface area contributed by atoms with Gasteiger partial charge in [-0.3, -0.25) is 4.79 Å². The largest absolute Gasteiger partial charge is 0.344 e. The molecule has 0 spiro atoms. The Morgan fingerprint density at radius 2 is 2.00 bits per heavy atom. The lowest BCUT2D eigenvalue weighted by Gasteiger charge is -2.15. The predicted molar refractivity (Wildman–Crippen MR) is 110 cm³/mol. The van der Waals surface area contributed by atoms with Crippen molar-refractivity contribution in [2.75, 3.05) is 0 Å². The molecule has 0 fully saturated rings. The number of halogens is 2. The van der Waals surface area contributed by atoms with Gasteiger partial charge in [-0.25, -0.2) is 9.82 Å². The standard InChI is InChI=1S/C22H21ClFN3O/c23-18-8-5-9-19(24)17(18)14-25-26-22(28)12-13-27-20-10-3-1-6-15(20)16-7-2-4-11-21(16)27/h1,3,5-6,8-10,14H,2,4,7,11-13H2,(H,26,28)/b25-14+. The molecule has 0 saturated carbocycles. The van der Waals surface area contributed by atoms with Gasteiger partial charge in [-0.15, -0.1) is 0 Å². The summed E-state index contributed by atoms with van der Waals surface area (Å²) in [6.45, 7) is 0.595. The Balaban J connectivity index is 1.45. The predicted octanol–water partition coefficient (Wildman–Crippen LogP) is 4.85. The van der Waals surface area contributed by atoms with Crippen LogP contribution in [0.15, 0.2) is 47.6 Å². The van der Waals surface area contributed by atoms with Crippen molar-refractivity contribution in [2.45, 2.75) is 38.6 Å². The molecular weight excluding hydrogens is 377 g/mol. The lowest BCUT2D eigenvalue weighted by Crippen LogP contribution is -2.20.